The number of nitrogens with one attached hydrogen (secondary N) is 2. The molecule has 0 saturated heterocycles. The van der Waals surface area contributed by atoms with Crippen LogP contribution in [0.2, 0.25) is 0 Å². The number of amides is 2. The number of carbonyl (C=O) groups excluding carboxylic acids is 5. The van der Waals surface area contributed by atoms with Gasteiger partial charge in [-0.2, -0.15) is 0 Å². The first-order valence-electron chi connectivity index (χ1n) is 16.9. The lowest BCUT2D eigenvalue weighted by Gasteiger charge is -2.16. The fourth-order valence-electron chi connectivity index (χ4n) is 5.82. The van der Waals surface area contributed by atoms with Gasteiger partial charge in [-0.25, -0.2) is 0 Å². The molecule has 3 N–H and O–H groups in total. The Hall–Kier alpha value is -4.34. The zero-order valence-electron chi connectivity index (χ0n) is 27.5. The number of fused-ring (bicyclic) bond motifs is 2. The summed E-state index contributed by atoms with van der Waals surface area (Å²) in [5.74, 6) is -0.616. The SMILES string of the molecule is COC(=O)CCCCCCC(=O)Nc1ccc2c(c1)CCCC2=O.O=C(O)CCCCCCC(=O)Nc1ccc2c(c1)CCCC2=O. The molecule has 47 heavy (non-hydrogen) atoms. The third-order valence-corrected chi connectivity index (χ3v) is 8.39. The summed E-state index contributed by atoms with van der Waals surface area (Å²) in [5.41, 5.74) is 5.14. The Bertz CT molecular complexity index is 1420. The Morgan fingerprint density at radius 1 is 0.617 bits per heavy atom. The number of esters is 1. The van der Waals surface area contributed by atoms with Crippen LogP contribution in [0.25, 0.3) is 0 Å². The van der Waals surface area contributed by atoms with Crippen molar-refractivity contribution in [2.45, 2.75) is 116 Å². The highest BCUT2D eigenvalue weighted by molar-refractivity contribution is 6.00. The molecule has 0 aromatic heterocycles. The Labute approximate surface area is 277 Å². The summed E-state index contributed by atoms with van der Waals surface area (Å²) in [4.78, 5) is 68.8. The van der Waals surface area contributed by atoms with Crippen LogP contribution >= 0.6 is 0 Å². The van der Waals surface area contributed by atoms with Crippen molar-refractivity contribution in [3.8, 4) is 0 Å². The van der Waals surface area contributed by atoms with Gasteiger partial charge in [0.25, 0.3) is 0 Å². The van der Waals surface area contributed by atoms with E-state index in [2.05, 4.69) is 15.4 Å². The van der Waals surface area contributed by atoms with E-state index in [1.807, 2.05) is 18.2 Å². The first-order valence-corrected chi connectivity index (χ1v) is 16.9. The van der Waals surface area contributed by atoms with Gasteiger partial charge < -0.3 is 20.5 Å². The molecule has 0 radical (unpaired) electrons. The number of Topliss-reactive ketones (excluding diaryl/α,β-unsaturated/α-hetero) is 2. The predicted molar refractivity (Wildman–Crippen MR) is 180 cm³/mol. The molecule has 0 saturated carbocycles. The van der Waals surface area contributed by atoms with Gasteiger partial charge >= 0.3 is 11.9 Å². The second-order valence-electron chi connectivity index (χ2n) is 12.2. The molecule has 0 aliphatic heterocycles. The molecule has 2 aliphatic rings. The highest BCUT2D eigenvalue weighted by Gasteiger charge is 2.18. The number of benzene rings is 2. The fraction of sp³-hybridized carbons (Fsp3) is 0.514. The smallest absolute Gasteiger partial charge is 0.305 e. The number of aryl methyl sites for hydroxylation is 2. The number of carboxylic acids is 1. The lowest BCUT2D eigenvalue weighted by Crippen LogP contribution is -2.14. The average Bonchev–Trinajstić information content (AvgIpc) is 3.04. The van der Waals surface area contributed by atoms with E-state index in [0.717, 1.165) is 104 Å². The van der Waals surface area contributed by atoms with E-state index in [1.165, 1.54) is 7.11 Å². The number of aliphatic carboxylic acids is 1. The van der Waals surface area contributed by atoms with Gasteiger partial charge in [-0.15, -0.1) is 0 Å². The minimum atomic E-state index is -0.770. The molecule has 0 heterocycles. The monoisotopic (exact) mass is 648 g/mol. The van der Waals surface area contributed by atoms with Crippen LogP contribution in [-0.2, 0) is 36.8 Å². The molecular formula is C37H48N2O8. The molecule has 2 aliphatic carbocycles. The maximum atomic E-state index is 12.0. The standard InChI is InChI=1S/C19H25NO4.C18H23NO4/c1-24-19(23)10-5-3-2-4-9-18(22)20-15-11-12-16-14(13-15)7-6-8-17(16)21;20-16-7-5-6-13-12-14(10-11-15(13)16)19-17(21)8-3-1-2-4-9-18(22)23/h11-13H,2-10H2,1H3,(H,20,22);10-12H,1-9H2,(H,19,21)(H,22,23). The maximum absolute atomic E-state index is 12.0. The van der Waals surface area contributed by atoms with Crippen LogP contribution in [0.3, 0.4) is 0 Å². The number of ether oxygens (including phenoxy) is 1. The van der Waals surface area contributed by atoms with Crippen LogP contribution in [0.1, 0.15) is 135 Å². The number of hydrogen-bond acceptors (Lipinski definition) is 7. The third kappa shape index (κ3) is 13.5. The summed E-state index contributed by atoms with van der Waals surface area (Å²) in [5, 5.41) is 14.3. The minimum absolute atomic E-state index is 0.00921. The van der Waals surface area contributed by atoms with E-state index in [9.17, 15) is 28.8 Å². The molecule has 10 nitrogen and oxygen atoms in total. The highest BCUT2D eigenvalue weighted by atomic mass is 16.5. The molecule has 2 aromatic rings. The van der Waals surface area contributed by atoms with Crippen molar-refractivity contribution < 1.29 is 38.6 Å². The van der Waals surface area contributed by atoms with Crippen LogP contribution in [-0.4, -0.2) is 47.5 Å². The molecule has 0 bridgehead atoms. The lowest BCUT2D eigenvalue weighted by atomic mass is 9.90. The van der Waals surface area contributed by atoms with Crippen LogP contribution in [0.4, 0.5) is 11.4 Å². The fourth-order valence-corrected chi connectivity index (χ4v) is 5.82. The van der Waals surface area contributed by atoms with E-state index < -0.39 is 5.97 Å². The lowest BCUT2D eigenvalue weighted by molar-refractivity contribution is -0.141. The first-order chi connectivity index (χ1) is 22.7. The van der Waals surface area contributed by atoms with Gasteiger partial charge in [0.05, 0.1) is 7.11 Å². The number of hydrogen-bond donors (Lipinski definition) is 3. The maximum Gasteiger partial charge on any atom is 0.305 e. The zero-order valence-corrected chi connectivity index (χ0v) is 27.5. The van der Waals surface area contributed by atoms with Crippen molar-refractivity contribution in [2.24, 2.45) is 0 Å². The number of rotatable bonds is 16. The number of unbranched alkanes of at least 4 members (excludes halogenated alkanes) is 6. The minimum Gasteiger partial charge on any atom is -0.481 e. The number of anilines is 2. The number of carboxylic acid groups (broad SMARTS) is 1. The summed E-state index contributed by atoms with van der Waals surface area (Å²) < 4.78 is 4.58. The van der Waals surface area contributed by atoms with Gasteiger partial charge in [0, 0.05) is 61.0 Å². The summed E-state index contributed by atoms with van der Waals surface area (Å²) in [7, 11) is 1.39. The number of ketones is 2. The van der Waals surface area contributed by atoms with Crippen molar-refractivity contribution in [1.82, 2.24) is 0 Å². The van der Waals surface area contributed by atoms with E-state index in [-0.39, 0.29) is 35.8 Å². The van der Waals surface area contributed by atoms with Crippen molar-refractivity contribution in [2.75, 3.05) is 17.7 Å². The van der Waals surface area contributed by atoms with Crippen molar-refractivity contribution in [3.05, 3.63) is 58.7 Å². The van der Waals surface area contributed by atoms with E-state index in [1.54, 1.807) is 18.2 Å². The van der Waals surface area contributed by atoms with Crippen LogP contribution in [0.15, 0.2) is 36.4 Å². The Balaban J connectivity index is 0.000000256. The highest BCUT2D eigenvalue weighted by Crippen LogP contribution is 2.26. The Morgan fingerprint density at radius 2 is 1.04 bits per heavy atom. The van der Waals surface area contributed by atoms with Gasteiger partial charge in [-0.3, -0.25) is 28.8 Å². The summed E-state index contributed by atoms with van der Waals surface area (Å²) in [6.45, 7) is 0. The number of methoxy groups -OCH3 is 1. The first kappa shape index (κ1) is 37.1. The predicted octanol–water partition coefficient (Wildman–Crippen LogP) is 7.23. The van der Waals surface area contributed by atoms with Gasteiger partial charge in [0.15, 0.2) is 11.6 Å². The largest absolute Gasteiger partial charge is 0.481 e. The van der Waals surface area contributed by atoms with Crippen LogP contribution in [0, 0.1) is 0 Å². The number of carbonyl (C=O) groups is 6. The third-order valence-electron chi connectivity index (χ3n) is 8.39. The van der Waals surface area contributed by atoms with Crippen molar-refractivity contribution in [1.29, 1.82) is 0 Å². The van der Waals surface area contributed by atoms with Gasteiger partial charge in [-0.05, 0) is 98.9 Å². The molecular weight excluding hydrogens is 600 g/mol. The second-order valence-corrected chi connectivity index (χ2v) is 12.2. The zero-order chi connectivity index (χ0) is 34.0. The van der Waals surface area contributed by atoms with Crippen molar-refractivity contribution in [3.63, 3.8) is 0 Å². The normalized spacial score (nSPS) is 13.4. The van der Waals surface area contributed by atoms with E-state index in [0.29, 0.717) is 38.5 Å². The summed E-state index contributed by atoms with van der Waals surface area (Å²) in [6.07, 6.45) is 12.9. The molecule has 2 amide bonds. The molecule has 0 spiro atoms. The summed E-state index contributed by atoms with van der Waals surface area (Å²) in [6, 6.07) is 11.0. The second kappa shape index (κ2) is 20.0. The Kier molecular flexibility index (Phi) is 15.8. The van der Waals surface area contributed by atoms with Gasteiger partial charge in [0.1, 0.15) is 0 Å². The molecule has 0 fully saturated rings. The molecule has 254 valence electrons. The van der Waals surface area contributed by atoms with Crippen LogP contribution in [0.5, 0.6) is 0 Å². The molecule has 10 heteroatoms. The topological polar surface area (TPSA) is 156 Å². The average molecular weight is 649 g/mol. The van der Waals surface area contributed by atoms with Crippen molar-refractivity contribution >= 4 is 46.7 Å². The van der Waals surface area contributed by atoms with E-state index in [4.69, 9.17) is 5.11 Å². The quantitative estimate of drug-likeness (QED) is 0.127. The summed E-state index contributed by atoms with van der Waals surface area (Å²) >= 11 is 0. The Morgan fingerprint density at radius 3 is 1.47 bits per heavy atom. The van der Waals surface area contributed by atoms with Gasteiger partial charge in [0.2, 0.25) is 11.8 Å². The molecule has 2 aromatic carbocycles. The van der Waals surface area contributed by atoms with Gasteiger partial charge in [-0.1, -0.05) is 25.7 Å². The van der Waals surface area contributed by atoms with Crippen LogP contribution < -0.4 is 10.6 Å². The van der Waals surface area contributed by atoms with E-state index >= 15 is 0 Å². The molecule has 0 unspecified atom stereocenters. The molecule has 4 rings (SSSR count). The molecule has 0 atom stereocenters.